The summed E-state index contributed by atoms with van der Waals surface area (Å²) in [5.74, 6) is -0.0574. The molecule has 4 heteroatoms. The SMILES string of the molecule is CCN(CC)C(=O)/C(=C\C(=O)CCc1ccccc1)N(CC)CC. The van der Waals surface area contributed by atoms with E-state index < -0.39 is 0 Å². The second-order valence-electron chi connectivity index (χ2n) is 5.63. The van der Waals surface area contributed by atoms with Crippen LogP contribution in [0.25, 0.3) is 0 Å². The molecule has 0 saturated carbocycles. The summed E-state index contributed by atoms with van der Waals surface area (Å²) in [5, 5.41) is 0. The second-order valence-corrected chi connectivity index (χ2v) is 5.63. The van der Waals surface area contributed by atoms with Crippen molar-refractivity contribution in [1.82, 2.24) is 9.80 Å². The molecule has 1 rings (SSSR count). The highest BCUT2D eigenvalue weighted by atomic mass is 16.2. The van der Waals surface area contributed by atoms with E-state index in [9.17, 15) is 9.59 Å². The van der Waals surface area contributed by atoms with E-state index in [0.29, 0.717) is 44.7 Å². The molecule has 0 heterocycles. The number of nitrogens with zero attached hydrogens (tertiary/aromatic N) is 2. The van der Waals surface area contributed by atoms with Crippen LogP contribution in [0.5, 0.6) is 0 Å². The van der Waals surface area contributed by atoms with Crippen molar-refractivity contribution < 1.29 is 9.59 Å². The quantitative estimate of drug-likeness (QED) is 0.618. The predicted molar refractivity (Wildman–Crippen MR) is 98.7 cm³/mol. The van der Waals surface area contributed by atoms with Crippen LogP contribution in [-0.2, 0) is 16.0 Å². The molecular formula is C20H30N2O2. The van der Waals surface area contributed by atoms with Gasteiger partial charge in [-0.05, 0) is 39.7 Å². The van der Waals surface area contributed by atoms with E-state index in [4.69, 9.17) is 0 Å². The molecule has 0 fully saturated rings. The summed E-state index contributed by atoms with van der Waals surface area (Å²) in [6.45, 7) is 10.6. The highest BCUT2D eigenvalue weighted by Gasteiger charge is 2.21. The Morgan fingerprint density at radius 1 is 0.875 bits per heavy atom. The molecule has 0 unspecified atom stereocenters. The van der Waals surface area contributed by atoms with Crippen LogP contribution in [-0.4, -0.2) is 47.7 Å². The summed E-state index contributed by atoms with van der Waals surface area (Å²) in [6.07, 6.45) is 2.65. The molecule has 0 aliphatic carbocycles. The van der Waals surface area contributed by atoms with Gasteiger partial charge >= 0.3 is 0 Å². The van der Waals surface area contributed by atoms with Crippen LogP contribution in [0.2, 0.25) is 0 Å². The van der Waals surface area contributed by atoms with Gasteiger partial charge in [0, 0.05) is 38.7 Å². The van der Waals surface area contributed by atoms with Gasteiger partial charge in [-0.3, -0.25) is 9.59 Å². The molecule has 0 radical (unpaired) electrons. The van der Waals surface area contributed by atoms with Crippen molar-refractivity contribution in [2.24, 2.45) is 0 Å². The first-order chi connectivity index (χ1) is 11.6. The van der Waals surface area contributed by atoms with Gasteiger partial charge in [-0.25, -0.2) is 0 Å². The van der Waals surface area contributed by atoms with Crippen molar-refractivity contribution in [2.45, 2.75) is 40.5 Å². The Labute approximate surface area is 146 Å². The van der Waals surface area contributed by atoms with E-state index >= 15 is 0 Å². The molecule has 1 amide bonds. The van der Waals surface area contributed by atoms with Crippen molar-refractivity contribution in [3.05, 3.63) is 47.7 Å². The van der Waals surface area contributed by atoms with Crippen LogP contribution < -0.4 is 0 Å². The average Bonchev–Trinajstić information content (AvgIpc) is 2.62. The van der Waals surface area contributed by atoms with Gasteiger partial charge < -0.3 is 9.80 Å². The summed E-state index contributed by atoms with van der Waals surface area (Å²) < 4.78 is 0. The minimum atomic E-state index is -0.0586. The van der Waals surface area contributed by atoms with Crippen molar-refractivity contribution in [3.8, 4) is 0 Å². The summed E-state index contributed by atoms with van der Waals surface area (Å²) in [4.78, 5) is 28.8. The van der Waals surface area contributed by atoms with Crippen molar-refractivity contribution >= 4 is 11.7 Å². The highest BCUT2D eigenvalue weighted by Crippen LogP contribution is 2.11. The van der Waals surface area contributed by atoms with Crippen LogP contribution in [0.3, 0.4) is 0 Å². The van der Waals surface area contributed by atoms with Gasteiger partial charge in [0.15, 0.2) is 5.78 Å². The first-order valence-corrected chi connectivity index (χ1v) is 8.89. The Morgan fingerprint density at radius 2 is 1.42 bits per heavy atom. The molecule has 1 aromatic rings. The molecule has 0 aliphatic rings. The maximum Gasteiger partial charge on any atom is 0.270 e. The standard InChI is InChI=1S/C20H30N2O2/c1-5-21(6-2)19(20(24)22(7-3)8-4)16-18(23)15-14-17-12-10-9-11-13-17/h9-13,16H,5-8,14-15H2,1-4H3/b19-16+. The first-order valence-electron chi connectivity index (χ1n) is 8.89. The number of carbonyl (C=O) groups excluding carboxylic acids is 2. The van der Waals surface area contributed by atoms with E-state index in [1.54, 1.807) is 4.90 Å². The monoisotopic (exact) mass is 330 g/mol. The lowest BCUT2D eigenvalue weighted by molar-refractivity contribution is -0.129. The summed E-state index contributed by atoms with van der Waals surface area (Å²) in [7, 11) is 0. The summed E-state index contributed by atoms with van der Waals surface area (Å²) >= 11 is 0. The van der Waals surface area contributed by atoms with E-state index in [2.05, 4.69) is 0 Å². The molecule has 132 valence electrons. The first kappa shape index (κ1) is 19.9. The molecule has 0 atom stereocenters. The summed E-state index contributed by atoms with van der Waals surface area (Å²) in [5.41, 5.74) is 1.65. The molecule has 0 spiro atoms. The van der Waals surface area contributed by atoms with Crippen LogP contribution in [0.1, 0.15) is 39.7 Å². The van der Waals surface area contributed by atoms with E-state index in [0.717, 1.165) is 5.56 Å². The third kappa shape index (κ3) is 5.84. The minimum Gasteiger partial charge on any atom is -0.368 e. The lowest BCUT2D eigenvalue weighted by Crippen LogP contribution is -2.38. The zero-order chi connectivity index (χ0) is 17.9. The number of hydrogen-bond donors (Lipinski definition) is 0. The van der Waals surface area contributed by atoms with Crippen molar-refractivity contribution in [2.75, 3.05) is 26.2 Å². The van der Waals surface area contributed by atoms with Gasteiger partial charge in [0.1, 0.15) is 5.70 Å². The third-order valence-corrected chi connectivity index (χ3v) is 4.17. The average molecular weight is 330 g/mol. The maximum absolute atomic E-state index is 12.7. The Balaban J connectivity index is 2.89. The number of hydrogen-bond acceptors (Lipinski definition) is 3. The number of ketones is 1. The molecule has 0 aliphatic heterocycles. The van der Waals surface area contributed by atoms with E-state index in [-0.39, 0.29) is 11.7 Å². The van der Waals surface area contributed by atoms with Gasteiger partial charge in [-0.15, -0.1) is 0 Å². The Bertz CT molecular complexity index is 544. The number of likely N-dealkylation sites (N-methyl/N-ethyl adjacent to an activating group) is 2. The lowest BCUT2D eigenvalue weighted by Gasteiger charge is -2.28. The van der Waals surface area contributed by atoms with Crippen molar-refractivity contribution in [3.63, 3.8) is 0 Å². The number of aryl methyl sites for hydroxylation is 1. The molecule has 4 nitrogen and oxygen atoms in total. The molecule has 0 bridgehead atoms. The van der Waals surface area contributed by atoms with Gasteiger partial charge in [0.25, 0.3) is 5.91 Å². The Kier molecular flexibility index (Phi) is 8.84. The zero-order valence-electron chi connectivity index (χ0n) is 15.4. The Morgan fingerprint density at radius 3 is 1.92 bits per heavy atom. The molecule has 0 N–H and O–H groups in total. The highest BCUT2D eigenvalue weighted by molar-refractivity contribution is 6.01. The number of allylic oxidation sites excluding steroid dienone is 1. The fourth-order valence-electron chi connectivity index (χ4n) is 2.66. The van der Waals surface area contributed by atoms with Crippen LogP contribution >= 0.6 is 0 Å². The van der Waals surface area contributed by atoms with Crippen molar-refractivity contribution in [1.29, 1.82) is 0 Å². The fourth-order valence-corrected chi connectivity index (χ4v) is 2.66. The number of amides is 1. The number of carbonyl (C=O) groups is 2. The topological polar surface area (TPSA) is 40.6 Å². The van der Waals surface area contributed by atoms with Crippen LogP contribution in [0, 0.1) is 0 Å². The number of rotatable bonds is 10. The van der Waals surface area contributed by atoms with Gasteiger partial charge in [-0.2, -0.15) is 0 Å². The van der Waals surface area contributed by atoms with Gasteiger partial charge in [0.2, 0.25) is 0 Å². The summed E-state index contributed by atoms with van der Waals surface area (Å²) in [6, 6.07) is 9.95. The largest absolute Gasteiger partial charge is 0.368 e. The Hall–Kier alpha value is -2.10. The van der Waals surface area contributed by atoms with Gasteiger partial charge in [0.05, 0.1) is 0 Å². The van der Waals surface area contributed by atoms with Crippen LogP contribution in [0.4, 0.5) is 0 Å². The predicted octanol–water partition coefficient (Wildman–Crippen LogP) is 3.28. The molecule has 24 heavy (non-hydrogen) atoms. The molecule has 1 aromatic carbocycles. The fraction of sp³-hybridized carbons (Fsp3) is 0.500. The number of benzene rings is 1. The van der Waals surface area contributed by atoms with Crippen LogP contribution in [0.15, 0.2) is 42.1 Å². The second kappa shape index (κ2) is 10.6. The lowest BCUT2D eigenvalue weighted by atomic mass is 10.1. The van der Waals surface area contributed by atoms with E-state index in [1.807, 2.05) is 62.9 Å². The smallest absolute Gasteiger partial charge is 0.270 e. The maximum atomic E-state index is 12.7. The molecule has 0 aromatic heterocycles. The zero-order valence-corrected chi connectivity index (χ0v) is 15.4. The third-order valence-electron chi connectivity index (χ3n) is 4.17. The molecular weight excluding hydrogens is 300 g/mol. The molecule has 0 saturated heterocycles. The van der Waals surface area contributed by atoms with E-state index in [1.165, 1.54) is 6.08 Å². The normalized spacial score (nSPS) is 11.2. The minimum absolute atomic E-state index is 0.00117. The van der Waals surface area contributed by atoms with Gasteiger partial charge in [-0.1, -0.05) is 30.3 Å².